The maximum atomic E-state index is 13.7. The highest BCUT2D eigenvalue weighted by atomic mass is 19.1. The van der Waals surface area contributed by atoms with E-state index >= 15 is 0 Å². The highest BCUT2D eigenvalue weighted by molar-refractivity contribution is 5.87. The van der Waals surface area contributed by atoms with Crippen molar-refractivity contribution >= 4 is 5.97 Å². The van der Waals surface area contributed by atoms with E-state index in [-0.39, 0.29) is 24.3 Å². The van der Waals surface area contributed by atoms with E-state index in [1.54, 1.807) is 0 Å². The number of aromatic carboxylic acids is 1. The number of carboxylic acids is 1. The van der Waals surface area contributed by atoms with Crippen LogP contribution in [-0.4, -0.2) is 21.3 Å². The van der Waals surface area contributed by atoms with Gasteiger partial charge in [0, 0.05) is 23.6 Å². The molecule has 1 atom stereocenters. The number of halogens is 2. The highest BCUT2D eigenvalue weighted by Crippen LogP contribution is 2.32. The Balaban J connectivity index is 1.95. The zero-order chi connectivity index (χ0) is 14.3. The third-order valence-electron chi connectivity index (χ3n) is 3.28. The Morgan fingerprint density at radius 3 is 2.95 bits per heavy atom. The minimum absolute atomic E-state index is 0.0872. The minimum Gasteiger partial charge on any atom is -0.476 e. The molecule has 0 saturated carbocycles. The molecule has 1 unspecified atom stereocenters. The second-order valence-corrected chi connectivity index (χ2v) is 4.50. The molecular formula is C13H10F2N2O3. The van der Waals surface area contributed by atoms with Crippen LogP contribution in [0.1, 0.15) is 33.4 Å². The Morgan fingerprint density at radius 2 is 2.25 bits per heavy atom. The van der Waals surface area contributed by atoms with Crippen molar-refractivity contribution in [2.45, 2.75) is 19.1 Å². The molecule has 20 heavy (non-hydrogen) atoms. The lowest BCUT2D eigenvalue weighted by atomic mass is 9.97. The van der Waals surface area contributed by atoms with Crippen LogP contribution in [0.25, 0.3) is 0 Å². The molecular weight excluding hydrogens is 270 g/mol. The van der Waals surface area contributed by atoms with Gasteiger partial charge in [0.05, 0.1) is 18.4 Å². The molecule has 1 aliphatic rings. The van der Waals surface area contributed by atoms with E-state index in [4.69, 9.17) is 9.84 Å². The Kier molecular flexibility index (Phi) is 2.98. The number of hydrogen-bond acceptors (Lipinski definition) is 3. The molecule has 0 aliphatic carbocycles. The molecule has 0 amide bonds. The van der Waals surface area contributed by atoms with Crippen LogP contribution in [0.15, 0.2) is 18.2 Å². The number of rotatable bonds is 2. The van der Waals surface area contributed by atoms with Gasteiger partial charge in [-0.25, -0.2) is 13.6 Å². The van der Waals surface area contributed by atoms with Crippen molar-refractivity contribution in [1.29, 1.82) is 0 Å². The second kappa shape index (κ2) is 4.68. The number of hydrogen-bond donors (Lipinski definition) is 2. The number of nitrogens with one attached hydrogen (secondary N) is 1. The first-order valence-corrected chi connectivity index (χ1v) is 5.92. The normalized spacial score (nSPS) is 17.8. The summed E-state index contributed by atoms with van der Waals surface area (Å²) in [5, 5.41) is 15.3. The lowest BCUT2D eigenvalue weighted by Crippen LogP contribution is -2.18. The quantitative estimate of drug-likeness (QED) is 0.884. The summed E-state index contributed by atoms with van der Waals surface area (Å²) < 4.78 is 32.1. The fourth-order valence-corrected chi connectivity index (χ4v) is 2.31. The molecule has 5 nitrogen and oxygen atoms in total. The fraction of sp³-hybridized carbons (Fsp3) is 0.231. The molecule has 1 aromatic heterocycles. The third-order valence-corrected chi connectivity index (χ3v) is 3.28. The SMILES string of the molecule is O=C(O)c1n[nH]c2c1CC(c1ccc(F)cc1F)OC2. The van der Waals surface area contributed by atoms with Crippen molar-refractivity contribution in [3.8, 4) is 0 Å². The maximum absolute atomic E-state index is 13.7. The number of H-pyrrole nitrogens is 1. The molecule has 0 radical (unpaired) electrons. The molecule has 2 heterocycles. The third kappa shape index (κ3) is 2.05. The zero-order valence-corrected chi connectivity index (χ0v) is 10.2. The lowest BCUT2D eigenvalue weighted by molar-refractivity contribution is 0.0230. The Hall–Kier alpha value is -2.28. The number of nitrogens with zero attached hydrogens (tertiary/aromatic N) is 1. The Labute approximate surface area is 112 Å². The molecule has 3 rings (SSSR count). The van der Waals surface area contributed by atoms with Gasteiger partial charge in [-0.2, -0.15) is 5.10 Å². The van der Waals surface area contributed by atoms with Crippen molar-refractivity contribution in [1.82, 2.24) is 10.2 Å². The number of carboxylic acid groups (broad SMARTS) is 1. The zero-order valence-electron chi connectivity index (χ0n) is 10.2. The highest BCUT2D eigenvalue weighted by Gasteiger charge is 2.29. The van der Waals surface area contributed by atoms with Gasteiger partial charge in [-0.3, -0.25) is 5.10 Å². The van der Waals surface area contributed by atoms with E-state index < -0.39 is 23.7 Å². The largest absolute Gasteiger partial charge is 0.476 e. The standard InChI is InChI=1S/C13H10F2N2O3/c14-6-1-2-7(9(15)3-6)11-4-8-10(5-20-11)16-17-12(8)13(18)19/h1-3,11H,4-5H2,(H,16,17)(H,18,19). The maximum Gasteiger partial charge on any atom is 0.356 e. The number of carbonyl (C=O) groups is 1. The van der Waals surface area contributed by atoms with E-state index in [1.807, 2.05) is 0 Å². The van der Waals surface area contributed by atoms with Crippen molar-refractivity contribution < 1.29 is 23.4 Å². The average Bonchev–Trinajstić information content (AvgIpc) is 2.81. The van der Waals surface area contributed by atoms with Crippen molar-refractivity contribution in [2.75, 3.05) is 0 Å². The summed E-state index contributed by atoms with van der Waals surface area (Å²) in [5.41, 5.74) is 1.18. The van der Waals surface area contributed by atoms with E-state index in [0.717, 1.165) is 12.1 Å². The monoisotopic (exact) mass is 280 g/mol. The molecule has 0 saturated heterocycles. The van der Waals surface area contributed by atoms with Crippen LogP contribution in [0.2, 0.25) is 0 Å². The first-order chi connectivity index (χ1) is 9.56. The van der Waals surface area contributed by atoms with Crippen molar-refractivity contribution in [3.63, 3.8) is 0 Å². The van der Waals surface area contributed by atoms with Crippen LogP contribution in [0.3, 0.4) is 0 Å². The molecule has 0 spiro atoms. The number of fused-ring (bicyclic) bond motifs is 1. The minimum atomic E-state index is -1.15. The molecule has 0 fully saturated rings. The smallest absolute Gasteiger partial charge is 0.356 e. The number of ether oxygens (including phenoxy) is 1. The van der Waals surface area contributed by atoms with Gasteiger partial charge in [-0.05, 0) is 6.07 Å². The summed E-state index contributed by atoms with van der Waals surface area (Å²) in [7, 11) is 0. The molecule has 2 aromatic rings. The summed E-state index contributed by atoms with van der Waals surface area (Å²) in [4.78, 5) is 11.0. The van der Waals surface area contributed by atoms with Gasteiger partial charge in [0.2, 0.25) is 0 Å². The molecule has 1 aliphatic heterocycles. The summed E-state index contributed by atoms with van der Waals surface area (Å²) in [6, 6.07) is 3.23. The van der Waals surface area contributed by atoms with E-state index in [2.05, 4.69) is 10.2 Å². The fourth-order valence-electron chi connectivity index (χ4n) is 2.31. The van der Waals surface area contributed by atoms with Crippen molar-refractivity contribution in [2.24, 2.45) is 0 Å². The Bertz CT molecular complexity index is 684. The summed E-state index contributed by atoms with van der Waals surface area (Å²) in [6.07, 6.45) is -0.477. The van der Waals surface area contributed by atoms with Crippen LogP contribution < -0.4 is 0 Å². The van der Waals surface area contributed by atoms with Gasteiger partial charge in [0.1, 0.15) is 11.6 Å². The topological polar surface area (TPSA) is 75.2 Å². The lowest BCUT2D eigenvalue weighted by Gasteiger charge is -2.23. The van der Waals surface area contributed by atoms with Crippen molar-refractivity contribution in [3.05, 3.63) is 52.3 Å². The van der Waals surface area contributed by atoms with Crippen LogP contribution in [-0.2, 0) is 17.8 Å². The number of aromatic nitrogens is 2. The number of benzene rings is 1. The van der Waals surface area contributed by atoms with E-state index in [9.17, 15) is 13.6 Å². The van der Waals surface area contributed by atoms with Gasteiger partial charge in [0.15, 0.2) is 5.69 Å². The Morgan fingerprint density at radius 1 is 1.45 bits per heavy atom. The molecule has 7 heteroatoms. The van der Waals surface area contributed by atoms with E-state index in [1.165, 1.54) is 6.07 Å². The van der Waals surface area contributed by atoms with Gasteiger partial charge in [0.25, 0.3) is 0 Å². The summed E-state index contributed by atoms with van der Waals surface area (Å²) >= 11 is 0. The van der Waals surface area contributed by atoms with Gasteiger partial charge >= 0.3 is 5.97 Å². The van der Waals surface area contributed by atoms with Gasteiger partial charge < -0.3 is 9.84 Å². The average molecular weight is 280 g/mol. The molecule has 2 N–H and O–H groups in total. The second-order valence-electron chi connectivity index (χ2n) is 4.50. The van der Waals surface area contributed by atoms with Crippen LogP contribution in [0.5, 0.6) is 0 Å². The van der Waals surface area contributed by atoms with Crippen LogP contribution in [0, 0.1) is 11.6 Å². The number of aromatic amines is 1. The summed E-state index contributed by atoms with van der Waals surface area (Å²) in [5.74, 6) is -2.53. The first-order valence-electron chi connectivity index (χ1n) is 5.92. The van der Waals surface area contributed by atoms with E-state index in [0.29, 0.717) is 11.3 Å². The van der Waals surface area contributed by atoms with Crippen LogP contribution in [0.4, 0.5) is 8.78 Å². The molecule has 1 aromatic carbocycles. The summed E-state index contributed by atoms with van der Waals surface area (Å²) in [6.45, 7) is 0.108. The molecule has 0 bridgehead atoms. The van der Waals surface area contributed by atoms with Gasteiger partial charge in [-0.1, -0.05) is 6.07 Å². The predicted molar refractivity (Wildman–Crippen MR) is 63.1 cm³/mol. The van der Waals surface area contributed by atoms with Crippen LogP contribution >= 0.6 is 0 Å². The molecule has 104 valence electrons. The predicted octanol–water partition coefficient (Wildman–Crippen LogP) is 2.20. The van der Waals surface area contributed by atoms with Gasteiger partial charge in [-0.15, -0.1) is 0 Å². The first kappa shape index (κ1) is 12.7.